The van der Waals surface area contributed by atoms with Crippen LogP contribution in [0.25, 0.3) is 0 Å². The van der Waals surface area contributed by atoms with E-state index in [1.54, 1.807) is 0 Å². The molecule has 1 heterocycles. The van der Waals surface area contributed by atoms with Gasteiger partial charge in [-0.3, -0.25) is 0 Å². The smallest absolute Gasteiger partial charge is 0.00103 e. The summed E-state index contributed by atoms with van der Waals surface area (Å²) in [5, 5.41) is 0. The van der Waals surface area contributed by atoms with Crippen molar-refractivity contribution in [3.05, 3.63) is 35.4 Å². The lowest BCUT2D eigenvalue weighted by atomic mass is 9.86. The quantitative estimate of drug-likeness (QED) is 0.744. The molecule has 0 bridgehead atoms. The molecule has 0 aliphatic carbocycles. The highest BCUT2D eigenvalue weighted by Crippen LogP contribution is 2.25. The molecule has 124 valence electrons. The molecule has 0 radical (unpaired) electrons. The summed E-state index contributed by atoms with van der Waals surface area (Å²) in [6, 6.07) is 9.29. The van der Waals surface area contributed by atoms with Crippen LogP contribution in [0.15, 0.2) is 24.3 Å². The van der Waals surface area contributed by atoms with Crippen LogP contribution >= 0.6 is 0 Å². The summed E-state index contributed by atoms with van der Waals surface area (Å²) < 4.78 is 0. The Kier molecular flexibility index (Phi) is 5.71. The molecule has 0 spiro atoms. The van der Waals surface area contributed by atoms with Gasteiger partial charge in [0.25, 0.3) is 0 Å². The number of nitrogens with zero attached hydrogens (tertiary/aromatic N) is 1. The average Bonchev–Trinajstić information content (AvgIpc) is 2.42. The van der Waals surface area contributed by atoms with Crippen molar-refractivity contribution in [2.24, 2.45) is 17.8 Å². The molecule has 1 heteroatoms. The van der Waals surface area contributed by atoms with E-state index in [1.165, 1.54) is 43.6 Å². The van der Waals surface area contributed by atoms with Crippen LogP contribution < -0.4 is 0 Å². The minimum Gasteiger partial charge on any atom is -0.303 e. The van der Waals surface area contributed by atoms with Crippen molar-refractivity contribution in [3.63, 3.8) is 0 Å². The number of rotatable bonds is 4. The van der Waals surface area contributed by atoms with E-state index in [1.807, 2.05) is 0 Å². The first-order valence-electron chi connectivity index (χ1n) is 9.07. The van der Waals surface area contributed by atoms with E-state index in [4.69, 9.17) is 0 Å². The molecule has 1 fully saturated rings. The number of hydrogen-bond acceptors (Lipinski definition) is 1. The van der Waals surface area contributed by atoms with Gasteiger partial charge in [0.15, 0.2) is 0 Å². The van der Waals surface area contributed by atoms with E-state index < -0.39 is 0 Å². The minimum atomic E-state index is 0.255. The van der Waals surface area contributed by atoms with Crippen LogP contribution in [0.5, 0.6) is 0 Å². The first-order valence-corrected chi connectivity index (χ1v) is 9.07. The Labute approximate surface area is 138 Å². The molecule has 0 amide bonds. The molecule has 1 aromatic carbocycles. The minimum absolute atomic E-state index is 0.255. The van der Waals surface area contributed by atoms with Gasteiger partial charge in [0.2, 0.25) is 0 Å². The van der Waals surface area contributed by atoms with Gasteiger partial charge in [0.1, 0.15) is 0 Å². The van der Waals surface area contributed by atoms with Crippen LogP contribution in [0.1, 0.15) is 59.1 Å². The van der Waals surface area contributed by atoms with Crippen molar-refractivity contribution in [1.29, 1.82) is 0 Å². The summed E-state index contributed by atoms with van der Waals surface area (Å²) in [5.41, 5.74) is 3.17. The Balaban J connectivity index is 1.85. The zero-order chi connectivity index (χ0) is 16.3. The van der Waals surface area contributed by atoms with Crippen LogP contribution in [0.4, 0.5) is 0 Å². The van der Waals surface area contributed by atoms with Crippen molar-refractivity contribution in [1.82, 2.24) is 4.90 Å². The standard InChI is InChI=1S/C21H35N/c1-16(14-22-12-11-17(2)18(3)15-22)13-19-7-9-20(10-8-19)21(4,5)6/h7-10,16-18H,11-15H2,1-6H3. The third-order valence-corrected chi connectivity index (χ3v) is 5.39. The van der Waals surface area contributed by atoms with Gasteiger partial charge in [-0.1, -0.05) is 65.8 Å². The van der Waals surface area contributed by atoms with Crippen LogP contribution in [0.2, 0.25) is 0 Å². The Morgan fingerprint density at radius 2 is 1.73 bits per heavy atom. The van der Waals surface area contributed by atoms with Gasteiger partial charge in [0.05, 0.1) is 0 Å². The second-order valence-corrected chi connectivity index (χ2v) is 8.76. The molecule has 3 unspecified atom stereocenters. The molecular formula is C21H35N. The van der Waals surface area contributed by atoms with Gasteiger partial charge >= 0.3 is 0 Å². The monoisotopic (exact) mass is 301 g/mol. The molecule has 0 N–H and O–H groups in total. The van der Waals surface area contributed by atoms with Crippen molar-refractivity contribution < 1.29 is 0 Å². The molecule has 1 nitrogen and oxygen atoms in total. The van der Waals surface area contributed by atoms with E-state index in [0.29, 0.717) is 0 Å². The summed E-state index contributed by atoms with van der Waals surface area (Å²) in [5.74, 6) is 2.49. The first-order chi connectivity index (χ1) is 10.3. The van der Waals surface area contributed by atoms with Crippen LogP contribution in [-0.4, -0.2) is 24.5 Å². The van der Waals surface area contributed by atoms with E-state index >= 15 is 0 Å². The third-order valence-electron chi connectivity index (χ3n) is 5.39. The molecule has 2 rings (SSSR count). The predicted octanol–water partition coefficient (Wildman–Crippen LogP) is 5.14. The normalized spacial score (nSPS) is 25.2. The van der Waals surface area contributed by atoms with Gasteiger partial charge in [-0.2, -0.15) is 0 Å². The highest BCUT2D eigenvalue weighted by atomic mass is 15.1. The lowest BCUT2D eigenvalue weighted by molar-refractivity contribution is 0.123. The van der Waals surface area contributed by atoms with Gasteiger partial charge in [-0.25, -0.2) is 0 Å². The molecular weight excluding hydrogens is 266 g/mol. The predicted molar refractivity (Wildman–Crippen MR) is 97.4 cm³/mol. The fourth-order valence-electron chi connectivity index (χ4n) is 3.56. The largest absolute Gasteiger partial charge is 0.303 e. The highest BCUT2D eigenvalue weighted by molar-refractivity contribution is 5.27. The van der Waals surface area contributed by atoms with Crippen LogP contribution in [0.3, 0.4) is 0 Å². The number of piperidine rings is 1. The lowest BCUT2D eigenvalue weighted by Crippen LogP contribution is -2.40. The average molecular weight is 302 g/mol. The van der Waals surface area contributed by atoms with Crippen LogP contribution in [0, 0.1) is 17.8 Å². The summed E-state index contributed by atoms with van der Waals surface area (Å²) in [6.45, 7) is 17.9. The molecule has 1 saturated heterocycles. The number of hydrogen-bond donors (Lipinski definition) is 0. The van der Waals surface area contributed by atoms with Crippen molar-refractivity contribution in [3.8, 4) is 0 Å². The number of likely N-dealkylation sites (tertiary alicyclic amines) is 1. The summed E-state index contributed by atoms with van der Waals surface area (Å²) >= 11 is 0. The Morgan fingerprint density at radius 1 is 1.09 bits per heavy atom. The zero-order valence-corrected chi connectivity index (χ0v) is 15.5. The fraction of sp³-hybridized carbons (Fsp3) is 0.714. The maximum absolute atomic E-state index is 2.68. The van der Waals surface area contributed by atoms with E-state index in [9.17, 15) is 0 Å². The van der Waals surface area contributed by atoms with E-state index in [0.717, 1.165) is 17.8 Å². The van der Waals surface area contributed by atoms with Crippen LogP contribution in [-0.2, 0) is 11.8 Å². The Hall–Kier alpha value is -0.820. The van der Waals surface area contributed by atoms with Gasteiger partial charge in [-0.15, -0.1) is 0 Å². The maximum atomic E-state index is 2.68. The van der Waals surface area contributed by atoms with E-state index in [-0.39, 0.29) is 5.41 Å². The Morgan fingerprint density at radius 3 is 2.27 bits per heavy atom. The maximum Gasteiger partial charge on any atom is 0.00103 e. The van der Waals surface area contributed by atoms with Crippen molar-refractivity contribution in [2.45, 2.75) is 59.8 Å². The first kappa shape index (κ1) is 17.5. The molecule has 3 atom stereocenters. The molecule has 1 aliphatic rings. The highest BCUT2D eigenvalue weighted by Gasteiger charge is 2.23. The van der Waals surface area contributed by atoms with Crippen molar-refractivity contribution in [2.75, 3.05) is 19.6 Å². The zero-order valence-electron chi connectivity index (χ0n) is 15.5. The summed E-state index contributed by atoms with van der Waals surface area (Å²) in [4.78, 5) is 2.68. The lowest BCUT2D eigenvalue weighted by Gasteiger charge is -2.36. The van der Waals surface area contributed by atoms with Gasteiger partial charge in [-0.05, 0) is 53.7 Å². The van der Waals surface area contributed by atoms with Gasteiger partial charge in [0, 0.05) is 13.1 Å². The molecule has 1 aliphatic heterocycles. The Bertz CT molecular complexity index is 454. The third kappa shape index (κ3) is 4.84. The number of benzene rings is 1. The topological polar surface area (TPSA) is 3.24 Å². The molecule has 1 aromatic rings. The summed E-state index contributed by atoms with van der Waals surface area (Å²) in [7, 11) is 0. The SMILES string of the molecule is CC(Cc1ccc(C(C)(C)C)cc1)CN1CCC(C)C(C)C1. The fourth-order valence-corrected chi connectivity index (χ4v) is 3.56. The second kappa shape index (κ2) is 7.17. The van der Waals surface area contributed by atoms with Crippen molar-refractivity contribution >= 4 is 0 Å². The molecule has 0 aromatic heterocycles. The summed E-state index contributed by atoms with van der Waals surface area (Å²) in [6.07, 6.45) is 2.57. The second-order valence-electron chi connectivity index (χ2n) is 8.76. The van der Waals surface area contributed by atoms with Gasteiger partial charge < -0.3 is 4.90 Å². The molecule has 22 heavy (non-hydrogen) atoms. The van der Waals surface area contributed by atoms with E-state index in [2.05, 4.69) is 70.7 Å². The molecule has 0 saturated carbocycles.